The molecule has 2 rings (SSSR count). The molecule has 2 aromatic rings. The average molecular weight is 286 g/mol. The molecule has 4 N–H and O–H groups in total. The lowest BCUT2D eigenvalue weighted by atomic mass is 10.3. The Bertz CT molecular complexity index is 516. The van der Waals surface area contributed by atoms with E-state index in [1.807, 2.05) is 30.3 Å². The third-order valence-electron chi connectivity index (χ3n) is 1.95. The highest BCUT2D eigenvalue weighted by molar-refractivity contribution is 5.85. The predicted octanol–water partition coefficient (Wildman–Crippen LogP) is 3.51. The normalized spacial score (nSPS) is 9.56. The molecule has 0 amide bonds. The molecule has 0 atom stereocenters. The molecule has 1 aromatic heterocycles. The number of pyridine rings is 1. The lowest BCUT2D eigenvalue weighted by molar-refractivity contribution is 1.21. The first-order valence-corrected chi connectivity index (χ1v) is 4.74. The van der Waals surface area contributed by atoms with Gasteiger partial charge in [0.1, 0.15) is 11.5 Å². The van der Waals surface area contributed by atoms with Crippen molar-refractivity contribution in [3.8, 4) is 0 Å². The van der Waals surface area contributed by atoms with Gasteiger partial charge in [-0.1, -0.05) is 18.2 Å². The number of hydrogen-bond donors (Lipinski definition) is 2. The predicted molar refractivity (Wildman–Crippen MR) is 78.2 cm³/mol. The fourth-order valence-corrected chi connectivity index (χ4v) is 1.17. The average Bonchev–Trinajstić information content (AvgIpc) is 2.29. The molecule has 0 fully saturated rings. The van der Waals surface area contributed by atoms with Crippen molar-refractivity contribution in [2.45, 2.75) is 0 Å². The van der Waals surface area contributed by atoms with E-state index < -0.39 is 0 Å². The molecule has 5 nitrogen and oxygen atoms in total. The number of nitrogens with two attached hydrogens (primary N) is 2. The van der Waals surface area contributed by atoms with E-state index in [0.717, 1.165) is 5.69 Å². The Balaban J connectivity index is 0.00000144. The molecule has 0 aliphatic heterocycles. The van der Waals surface area contributed by atoms with Crippen LogP contribution in [0.2, 0.25) is 0 Å². The van der Waals surface area contributed by atoms with Gasteiger partial charge in [0.05, 0.1) is 5.69 Å². The monoisotopic (exact) mass is 285 g/mol. The van der Waals surface area contributed by atoms with Gasteiger partial charge in [-0.2, -0.15) is 5.11 Å². The molecule has 0 unspecified atom stereocenters. The van der Waals surface area contributed by atoms with Crippen LogP contribution in [0.3, 0.4) is 0 Å². The molecule has 96 valence electrons. The smallest absolute Gasteiger partial charge is 0.153 e. The van der Waals surface area contributed by atoms with Crippen LogP contribution < -0.4 is 11.5 Å². The number of azo groups is 1. The Morgan fingerprint density at radius 2 is 1.50 bits per heavy atom. The Morgan fingerprint density at radius 1 is 0.833 bits per heavy atom. The summed E-state index contributed by atoms with van der Waals surface area (Å²) in [5.41, 5.74) is 12.4. The highest BCUT2D eigenvalue weighted by Gasteiger charge is 1.98. The Kier molecular flexibility index (Phi) is 6.70. The molecule has 1 aromatic carbocycles. The van der Waals surface area contributed by atoms with Crippen molar-refractivity contribution in [1.29, 1.82) is 0 Å². The van der Waals surface area contributed by atoms with Crippen LogP contribution in [0.1, 0.15) is 0 Å². The molecule has 0 bridgehead atoms. The number of halogens is 2. The fraction of sp³-hybridized carbons (Fsp3) is 0. The van der Waals surface area contributed by atoms with E-state index >= 15 is 0 Å². The fourth-order valence-electron chi connectivity index (χ4n) is 1.17. The summed E-state index contributed by atoms with van der Waals surface area (Å²) in [5, 5.41) is 8.03. The number of anilines is 2. The van der Waals surface area contributed by atoms with Crippen LogP contribution in [0, 0.1) is 0 Å². The number of nitrogen functional groups attached to an aromatic ring is 2. The Labute approximate surface area is 117 Å². The highest BCUT2D eigenvalue weighted by atomic mass is 35.5. The molecule has 7 heteroatoms. The number of rotatable bonds is 2. The second-order valence-corrected chi connectivity index (χ2v) is 3.18. The van der Waals surface area contributed by atoms with Gasteiger partial charge in [0.15, 0.2) is 5.82 Å². The molecule has 0 spiro atoms. The van der Waals surface area contributed by atoms with Gasteiger partial charge in [0.25, 0.3) is 0 Å². The van der Waals surface area contributed by atoms with Crippen LogP contribution in [0.15, 0.2) is 52.7 Å². The summed E-state index contributed by atoms with van der Waals surface area (Å²) in [4.78, 5) is 3.89. The summed E-state index contributed by atoms with van der Waals surface area (Å²) >= 11 is 0. The first-order chi connectivity index (χ1) is 7.75. The largest absolute Gasteiger partial charge is 0.384 e. The van der Waals surface area contributed by atoms with Crippen molar-refractivity contribution < 1.29 is 0 Å². The molecule has 0 aliphatic carbocycles. The second-order valence-electron chi connectivity index (χ2n) is 3.18. The third-order valence-corrected chi connectivity index (χ3v) is 1.95. The summed E-state index contributed by atoms with van der Waals surface area (Å²) in [6.45, 7) is 0. The maximum atomic E-state index is 5.64. The lowest BCUT2D eigenvalue weighted by Crippen LogP contribution is -1.95. The zero-order chi connectivity index (χ0) is 11.4. The zero-order valence-corrected chi connectivity index (χ0v) is 11.0. The first-order valence-electron chi connectivity index (χ1n) is 4.74. The van der Waals surface area contributed by atoms with Gasteiger partial charge in [-0.25, -0.2) is 4.98 Å². The summed E-state index contributed by atoms with van der Waals surface area (Å²) < 4.78 is 0. The molecule has 0 saturated carbocycles. The number of hydrogen-bond acceptors (Lipinski definition) is 5. The van der Waals surface area contributed by atoms with E-state index in [1.165, 1.54) is 0 Å². The van der Waals surface area contributed by atoms with Gasteiger partial charge in [0.2, 0.25) is 0 Å². The third kappa shape index (κ3) is 4.20. The van der Waals surface area contributed by atoms with Gasteiger partial charge in [-0.3, -0.25) is 0 Å². The van der Waals surface area contributed by atoms with E-state index in [2.05, 4.69) is 15.2 Å². The van der Waals surface area contributed by atoms with E-state index in [1.54, 1.807) is 12.1 Å². The van der Waals surface area contributed by atoms with Crippen LogP contribution in [-0.2, 0) is 0 Å². The summed E-state index contributed by atoms with van der Waals surface area (Å²) in [5.74, 6) is 0.649. The summed E-state index contributed by atoms with van der Waals surface area (Å²) in [6.07, 6.45) is 0. The van der Waals surface area contributed by atoms with E-state index in [9.17, 15) is 0 Å². The maximum absolute atomic E-state index is 5.64. The second kappa shape index (κ2) is 7.47. The van der Waals surface area contributed by atoms with Crippen LogP contribution in [0.25, 0.3) is 0 Å². The topological polar surface area (TPSA) is 89.6 Å². The van der Waals surface area contributed by atoms with E-state index in [4.69, 9.17) is 11.5 Å². The van der Waals surface area contributed by atoms with Gasteiger partial charge in [-0.15, -0.1) is 29.9 Å². The standard InChI is InChI=1S/C11H11N5.2ClH/c12-10-7-6-9(11(13)14-10)16-15-8-4-2-1-3-5-8;;/h1-7H,(H4,12,13,14);2*1H/b16-15+;;. The number of benzene rings is 1. The van der Waals surface area contributed by atoms with Crippen molar-refractivity contribution in [2.75, 3.05) is 11.5 Å². The van der Waals surface area contributed by atoms with Crippen molar-refractivity contribution in [3.63, 3.8) is 0 Å². The van der Waals surface area contributed by atoms with E-state index in [-0.39, 0.29) is 30.6 Å². The van der Waals surface area contributed by atoms with Crippen molar-refractivity contribution in [3.05, 3.63) is 42.5 Å². The van der Waals surface area contributed by atoms with Gasteiger partial charge in [0, 0.05) is 0 Å². The Morgan fingerprint density at radius 3 is 2.11 bits per heavy atom. The van der Waals surface area contributed by atoms with Crippen molar-refractivity contribution in [1.82, 2.24) is 4.98 Å². The van der Waals surface area contributed by atoms with Crippen molar-refractivity contribution in [2.24, 2.45) is 10.2 Å². The van der Waals surface area contributed by atoms with Crippen LogP contribution in [-0.4, -0.2) is 4.98 Å². The minimum absolute atomic E-state index is 0. The zero-order valence-electron chi connectivity index (χ0n) is 9.35. The number of nitrogens with zero attached hydrogens (tertiary/aromatic N) is 3. The molecule has 0 radical (unpaired) electrons. The van der Waals surface area contributed by atoms with Gasteiger partial charge < -0.3 is 11.5 Å². The molecule has 0 aliphatic rings. The molecular weight excluding hydrogens is 273 g/mol. The molecular formula is C11H13Cl2N5. The van der Waals surface area contributed by atoms with Crippen LogP contribution in [0.5, 0.6) is 0 Å². The molecule has 0 saturated heterocycles. The number of aromatic nitrogens is 1. The van der Waals surface area contributed by atoms with E-state index in [0.29, 0.717) is 11.5 Å². The quantitative estimate of drug-likeness (QED) is 0.828. The highest BCUT2D eigenvalue weighted by Crippen LogP contribution is 2.23. The van der Waals surface area contributed by atoms with Gasteiger partial charge >= 0.3 is 0 Å². The Hall–Kier alpha value is -1.85. The minimum Gasteiger partial charge on any atom is -0.384 e. The van der Waals surface area contributed by atoms with Crippen LogP contribution >= 0.6 is 24.8 Å². The lowest BCUT2D eigenvalue weighted by Gasteiger charge is -1.98. The van der Waals surface area contributed by atoms with Gasteiger partial charge in [-0.05, 0) is 24.3 Å². The summed E-state index contributed by atoms with van der Waals surface area (Å²) in [6, 6.07) is 12.7. The van der Waals surface area contributed by atoms with Crippen molar-refractivity contribution >= 4 is 47.8 Å². The summed E-state index contributed by atoms with van der Waals surface area (Å²) in [7, 11) is 0. The van der Waals surface area contributed by atoms with Crippen LogP contribution in [0.4, 0.5) is 23.0 Å². The maximum Gasteiger partial charge on any atom is 0.153 e. The first kappa shape index (κ1) is 16.1. The molecule has 18 heavy (non-hydrogen) atoms. The molecule has 1 heterocycles. The minimum atomic E-state index is 0. The SMILES string of the molecule is Cl.Cl.Nc1ccc(/N=N/c2ccccc2)c(N)n1.